The third kappa shape index (κ3) is 48.5. The SMILES string of the molecule is CC/C=C\C/C=C\C/C=C\C/C=C\C/C=C\C/C=C\C/C=C\CCCCOCC(CO)OC(=O)CCCCCCCCC/C=C\C/C=C\C/C=C\C/C=C\C/C=C\CC. The molecule has 0 radical (unpaired) electrons. The zero-order valence-electron chi connectivity index (χ0n) is 37.7. The molecule has 0 aliphatic heterocycles. The minimum Gasteiger partial charge on any atom is -0.457 e. The van der Waals surface area contributed by atoms with Crippen molar-refractivity contribution in [2.45, 2.75) is 174 Å². The lowest BCUT2D eigenvalue weighted by atomic mass is 10.1. The average molecular weight is 811 g/mol. The largest absolute Gasteiger partial charge is 0.457 e. The number of aliphatic hydroxyl groups is 1. The van der Waals surface area contributed by atoms with Gasteiger partial charge in [0, 0.05) is 13.0 Å². The molecule has 0 aromatic heterocycles. The van der Waals surface area contributed by atoms with E-state index in [1.807, 2.05) is 0 Å². The second kappa shape index (κ2) is 50.4. The lowest BCUT2D eigenvalue weighted by molar-refractivity contribution is -0.154. The molecule has 0 spiro atoms. The van der Waals surface area contributed by atoms with E-state index in [4.69, 9.17) is 9.47 Å². The first-order valence-corrected chi connectivity index (χ1v) is 23.4. The molecular weight excluding hydrogens is 725 g/mol. The maximum atomic E-state index is 12.2. The summed E-state index contributed by atoms with van der Waals surface area (Å²) in [5, 5.41) is 9.63. The Balaban J connectivity index is 3.62. The van der Waals surface area contributed by atoms with Crippen molar-refractivity contribution in [2.75, 3.05) is 19.8 Å². The van der Waals surface area contributed by atoms with Gasteiger partial charge in [-0.25, -0.2) is 0 Å². The molecule has 59 heavy (non-hydrogen) atoms. The Morgan fingerprint density at radius 3 is 1.07 bits per heavy atom. The van der Waals surface area contributed by atoms with Crippen LogP contribution >= 0.6 is 0 Å². The molecule has 0 rings (SSSR count). The van der Waals surface area contributed by atoms with Crippen molar-refractivity contribution >= 4 is 5.97 Å². The highest BCUT2D eigenvalue weighted by atomic mass is 16.6. The first-order valence-electron chi connectivity index (χ1n) is 23.4. The van der Waals surface area contributed by atoms with Crippen molar-refractivity contribution in [3.8, 4) is 0 Å². The predicted octanol–water partition coefficient (Wildman–Crippen LogP) is 16.0. The van der Waals surface area contributed by atoms with E-state index in [1.54, 1.807) is 0 Å². The molecule has 0 aliphatic carbocycles. The van der Waals surface area contributed by atoms with Gasteiger partial charge in [-0.05, 0) is 116 Å². The molecular formula is C55H86O4. The van der Waals surface area contributed by atoms with Crippen LogP contribution in [0.15, 0.2) is 146 Å². The van der Waals surface area contributed by atoms with Crippen LogP contribution in [0.2, 0.25) is 0 Å². The van der Waals surface area contributed by atoms with Gasteiger partial charge in [-0.3, -0.25) is 4.79 Å². The molecule has 0 aromatic carbocycles. The van der Waals surface area contributed by atoms with Gasteiger partial charge in [-0.15, -0.1) is 0 Å². The molecule has 1 N–H and O–H groups in total. The summed E-state index contributed by atoms with van der Waals surface area (Å²) in [6.07, 6.45) is 77.7. The van der Waals surface area contributed by atoms with Crippen molar-refractivity contribution in [1.29, 1.82) is 0 Å². The van der Waals surface area contributed by atoms with Gasteiger partial charge in [-0.2, -0.15) is 0 Å². The molecule has 1 atom stereocenters. The number of carbonyl (C=O) groups excluding carboxylic acids is 1. The fourth-order valence-corrected chi connectivity index (χ4v) is 5.74. The van der Waals surface area contributed by atoms with Crippen LogP contribution in [0.3, 0.4) is 0 Å². The fraction of sp³-hybridized carbons (Fsp3) is 0.545. The van der Waals surface area contributed by atoms with Gasteiger partial charge in [0.1, 0.15) is 6.10 Å². The Morgan fingerprint density at radius 1 is 0.407 bits per heavy atom. The second-order valence-electron chi connectivity index (χ2n) is 14.7. The maximum absolute atomic E-state index is 12.2. The summed E-state index contributed by atoms with van der Waals surface area (Å²) in [6.45, 7) is 4.97. The molecule has 0 bridgehead atoms. The van der Waals surface area contributed by atoms with Crippen molar-refractivity contribution in [3.05, 3.63) is 146 Å². The van der Waals surface area contributed by atoms with Crippen LogP contribution in [0.1, 0.15) is 168 Å². The first-order chi connectivity index (χ1) is 29.2. The van der Waals surface area contributed by atoms with E-state index in [9.17, 15) is 9.90 Å². The Bertz CT molecular complexity index is 1270. The van der Waals surface area contributed by atoms with Crippen LogP contribution in [0, 0.1) is 0 Å². The van der Waals surface area contributed by atoms with E-state index in [0.29, 0.717) is 13.0 Å². The third-order valence-electron chi connectivity index (χ3n) is 9.16. The van der Waals surface area contributed by atoms with Crippen molar-refractivity contribution in [3.63, 3.8) is 0 Å². The maximum Gasteiger partial charge on any atom is 0.306 e. The van der Waals surface area contributed by atoms with Gasteiger partial charge in [0.15, 0.2) is 0 Å². The highest BCUT2D eigenvalue weighted by Crippen LogP contribution is 2.11. The van der Waals surface area contributed by atoms with Gasteiger partial charge in [-0.1, -0.05) is 192 Å². The molecule has 0 aromatic rings. The molecule has 4 nitrogen and oxygen atoms in total. The topological polar surface area (TPSA) is 55.8 Å². The standard InChI is InChI=1S/C55H86O4/c1-3-5-7-9-11-13-15-17-19-21-23-25-27-29-31-33-35-37-39-41-43-45-47-49-51-58-53-54(52-56)59-55(57)50-48-46-44-42-40-38-36-34-32-30-28-26-24-22-20-18-16-14-12-10-8-6-4-2/h5-8,11-14,17-20,23-26,29-32,35,37,41,43,54,56H,3-4,9-10,15-16,21-22,27-28,33-34,36,38-40,42,44-53H2,1-2H3/b7-5-,8-6-,13-11-,14-12-,19-17-,20-18-,25-23-,26-24-,31-29-,32-30-,37-35-,43-41-. The molecule has 4 heteroatoms. The quantitative estimate of drug-likeness (QED) is 0.0380. The first kappa shape index (κ1) is 55.3. The Labute approximate surface area is 363 Å². The minimum atomic E-state index is -0.577. The number of rotatable bonds is 41. The van der Waals surface area contributed by atoms with E-state index in [0.717, 1.165) is 122 Å². The number of ether oxygens (including phenoxy) is 2. The van der Waals surface area contributed by atoms with Crippen LogP contribution < -0.4 is 0 Å². The number of hydrogen-bond donors (Lipinski definition) is 1. The van der Waals surface area contributed by atoms with Gasteiger partial charge in [0.05, 0.1) is 13.2 Å². The van der Waals surface area contributed by atoms with E-state index >= 15 is 0 Å². The highest BCUT2D eigenvalue weighted by molar-refractivity contribution is 5.69. The predicted molar refractivity (Wildman–Crippen MR) is 260 cm³/mol. The normalized spacial score (nSPS) is 13.7. The summed E-state index contributed by atoms with van der Waals surface area (Å²) >= 11 is 0. The van der Waals surface area contributed by atoms with Crippen LogP contribution in [0.25, 0.3) is 0 Å². The van der Waals surface area contributed by atoms with E-state index < -0.39 is 6.10 Å². The van der Waals surface area contributed by atoms with Gasteiger partial charge in [0.25, 0.3) is 0 Å². The smallest absolute Gasteiger partial charge is 0.306 e. The Hall–Kier alpha value is -3.73. The van der Waals surface area contributed by atoms with Crippen LogP contribution in [0.5, 0.6) is 0 Å². The number of allylic oxidation sites excluding steroid dienone is 24. The summed E-state index contributed by atoms with van der Waals surface area (Å²) in [7, 11) is 0. The molecule has 0 saturated carbocycles. The summed E-state index contributed by atoms with van der Waals surface area (Å²) in [5.74, 6) is -0.234. The zero-order valence-corrected chi connectivity index (χ0v) is 37.7. The molecule has 330 valence electrons. The summed E-state index contributed by atoms with van der Waals surface area (Å²) in [4.78, 5) is 12.2. The van der Waals surface area contributed by atoms with E-state index in [-0.39, 0.29) is 19.2 Å². The number of esters is 1. The summed E-state index contributed by atoms with van der Waals surface area (Å²) < 4.78 is 11.1. The fourth-order valence-electron chi connectivity index (χ4n) is 5.74. The minimum absolute atomic E-state index is 0.206. The second-order valence-corrected chi connectivity index (χ2v) is 14.7. The van der Waals surface area contributed by atoms with Gasteiger partial charge in [0.2, 0.25) is 0 Å². The van der Waals surface area contributed by atoms with Crippen LogP contribution in [0.4, 0.5) is 0 Å². The van der Waals surface area contributed by atoms with E-state index in [2.05, 4.69) is 160 Å². The van der Waals surface area contributed by atoms with Gasteiger partial charge < -0.3 is 14.6 Å². The number of hydrogen-bond acceptors (Lipinski definition) is 4. The van der Waals surface area contributed by atoms with Crippen LogP contribution in [-0.2, 0) is 14.3 Å². The Kier molecular flexibility index (Phi) is 47.2. The molecule has 0 heterocycles. The van der Waals surface area contributed by atoms with Crippen molar-refractivity contribution < 1.29 is 19.4 Å². The molecule has 0 fully saturated rings. The average Bonchev–Trinajstić information content (AvgIpc) is 3.24. The van der Waals surface area contributed by atoms with Crippen LogP contribution in [-0.4, -0.2) is 37.0 Å². The summed E-state index contributed by atoms with van der Waals surface area (Å²) in [6, 6.07) is 0. The lowest BCUT2D eigenvalue weighted by Gasteiger charge is -2.15. The highest BCUT2D eigenvalue weighted by Gasteiger charge is 2.13. The number of unbranched alkanes of at least 4 members (excludes halogenated alkanes) is 9. The molecule has 0 aliphatic rings. The molecule has 1 unspecified atom stereocenters. The Morgan fingerprint density at radius 2 is 0.712 bits per heavy atom. The number of aliphatic hydroxyl groups excluding tert-OH is 1. The van der Waals surface area contributed by atoms with Crippen molar-refractivity contribution in [1.82, 2.24) is 0 Å². The lowest BCUT2D eigenvalue weighted by Crippen LogP contribution is -2.27. The van der Waals surface area contributed by atoms with Crippen molar-refractivity contribution in [2.24, 2.45) is 0 Å². The number of carbonyl (C=O) groups is 1. The zero-order chi connectivity index (χ0) is 42.6. The van der Waals surface area contributed by atoms with E-state index in [1.165, 1.54) is 25.7 Å². The van der Waals surface area contributed by atoms with Gasteiger partial charge >= 0.3 is 5.97 Å². The third-order valence-corrected chi connectivity index (χ3v) is 9.16. The molecule has 0 saturated heterocycles. The molecule has 0 amide bonds. The monoisotopic (exact) mass is 811 g/mol. The summed E-state index contributed by atoms with van der Waals surface area (Å²) in [5.41, 5.74) is 0.